The summed E-state index contributed by atoms with van der Waals surface area (Å²) in [4.78, 5) is 28.4. The smallest absolute Gasteiger partial charge is 0.416 e. The standard InChI is InChI=1S/C29H27F3N6OS.C2H2O4/c1-39-27-13-12-24(16-35-27)36-28(40)37(19-23-5-2-3-7-26(23)29(30,31)32)14-4-6-25-17-34-20-38(25)18-22-10-8-21(15-33)9-11-22;3-1(4)2(5)6/h2-3,5,7-13,16-17,20H,4,6,14,18-19H2,1H3,(H,36,40);(H,3,4)(H,5,6). The predicted octanol–water partition coefficient (Wildman–Crippen LogP) is 5.21. The maximum Gasteiger partial charge on any atom is 0.416 e. The van der Waals surface area contributed by atoms with Gasteiger partial charge in [0.25, 0.3) is 0 Å². The Morgan fingerprint density at radius 2 is 1.76 bits per heavy atom. The van der Waals surface area contributed by atoms with Gasteiger partial charge in [-0.15, -0.1) is 0 Å². The second-order valence-electron chi connectivity index (χ2n) is 9.63. The maximum absolute atomic E-state index is 13.7. The van der Waals surface area contributed by atoms with Crippen molar-refractivity contribution in [3.05, 3.63) is 107 Å². The lowest BCUT2D eigenvalue weighted by atomic mass is 10.1. The fourth-order valence-corrected chi connectivity index (χ4v) is 4.48. The summed E-state index contributed by atoms with van der Waals surface area (Å²) in [5.74, 6) is -3.21. The Labute approximate surface area is 267 Å². The Bertz CT molecular complexity index is 1660. The molecule has 4 aromatic rings. The van der Waals surface area contributed by atoms with Gasteiger partial charge in [0.15, 0.2) is 5.11 Å². The zero-order chi connectivity index (χ0) is 33.7. The first-order chi connectivity index (χ1) is 21.9. The van der Waals surface area contributed by atoms with Crippen molar-refractivity contribution in [2.75, 3.05) is 19.0 Å². The van der Waals surface area contributed by atoms with Crippen molar-refractivity contribution in [2.45, 2.75) is 32.1 Å². The summed E-state index contributed by atoms with van der Waals surface area (Å²) in [6, 6.07) is 18.4. The molecule has 0 aliphatic heterocycles. The number of carboxylic acid groups (broad SMARTS) is 2. The average molecular weight is 655 g/mol. The van der Waals surface area contributed by atoms with E-state index in [1.54, 1.807) is 54.0 Å². The highest BCUT2D eigenvalue weighted by molar-refractivity contribution is 7.80. The first-order valence-corrected chi connectivity index (χ1v) is 14.0. The minimum Gasteiger partial charge on any atom is -0.481 e. The number of nitrogens with zero attached hydrogens (tertiary/aromatic N) is 5. The highest BCUT2D eigenvalue weighted by Crippen LogP contribution is 2.32. The second-order valence-corrected chi connectivity index (χ2v) is 10.0. The normalized spacial score (nSPS) is 10.6. The minimum atomic E-state index is -4.48. The number of carboxylic acids is 2. The van der Waals surface area contributed by atoms with E-state index in [1.807, 2.05) is 16.7 Å². The first kappa shape index (κ1) is 35.0. The fourth-order valence-electron chi connectivity index (χ4n) is 4.20. The number of aryl methyl sites for hydroxylation is 1. The summed E-state index contributed by atoms with van der Waals surface area (Å²) in [6.45, 7) is 0.980. The molecule has 2 heterocycles. The lowest BCUT2D eigenvalue weighted by molar-refractivity contribution is -0.159. The highest BCUT2D eigenvalue weighted by atomic mass is 32.1. The number of thiocarbonyl (C=S) groups is 1. The highest BCUT2D eigenvalue weighted by Gasteiger charge is 2.33. The summed E-state index contributed by atoms with van der Waals surface area (Å²) in [6.07, 6.45) is 1.86. The van der Waals surface area contributed by atoms with Crippen LogP contribution in [0.1, 0.15) is 34.4 Å². The molecule has 0 fully saturated rings. The molecule has 240 valence electrons. The summed E-state index contributed by atoms with van der Waals surface area (Å²) < 4.78 is 48.2. The Morgan fingerprint density at radius 1 is 1.07 bits per heavy atom. The molecule has 0 aliphatic rings. The molecule has 0 spiro atoms. The average Bonchev–Trinajstić information content (AvgIpc) is 3.47. The Balaban J connectivity index is 0.000000875. The number of pyridine rings is 1. The number of hydrogen-bond donors (Lipinski definition) is 3. The molecule has 0 unspecified atom stereocenters. The third-order valence-corrected chi connectivity index (χ3v) is 6.81. The Morgan fingerprint density at radius 3 is 2.35 bits per heavy atom. The number of anilines is 1. The van der Waals surface area contributed by atoms with E-state index in [0.717, 1.165) is 17.3 Å². The SMILES string of the molecule is COc1ccc(NC(=S)N(CCCc2cncn2Cc2ccc(C#N)cc2)Cc2ccccc2C(F)(F)F)cn1.O=C(O)C(=O)O. The van der Waals surface area contributed by atoms with Crippen LogP contribution in [0.15, 0.2) is 79.4 Å². The van der Waals surface area contributed by atoms with E-state index in [4.69, 9.17) is 42.0 Å². The van der Waals surface area contributed by atoms with Crippen LogP contribution >= 0.6 is 12.2 Å². The van der Waals surface area contributed by atoms with Gasteiger partial charge < -0.3 is 29.7 Å². The second kappa shape index (κ2) is 16.5. The Kier molecular flexibility index (Phi) is 12.6. The molecule has 3 N–H and O–H groups in total. The molecule has 0 radical (unpaired) electrons. The summed E-state index contributed by atoms with van der Waals surface area (Å²) in [5.41, 5.74) is 2.66. The summed E-state index contributed by atoms with van der Waals surface area (Å²) in [7, 11) is 1.51. The number of benzene rings is 2. The van der Waals surface area contributed by atoms with Gasteiger partial charge in [-0.25, -0.2) is 19.6 Å². The quantitative estimate of drug-likeness (QED) is 0.153. The van der Waals surface area contributed by atoms with Crippen molar-refractivity contribution < 1.29 is 37.7 Å². The van der Waals surface area contributed by atoms with E-state index < -0.39 is 23.7 Å². The zero-order valence-corrected chi connectivity index (χ0v) is 25.3. The van der Waals surface area contributed by atoms with E-state index in [2.05, 4.69) is 21.4 Å². The molecule has 4 rings (SSSR count). The van der Waals surface area contributed by atoms with E-state index in [9.17, 15) is 13.2 Å². The molecule has 0 aliphatic carbocycles. The number of aromatic nitrogens is 3. The van der Waals surface area contributed by atoms with Crippen molar-refractivity contribution in [2.24, 2.45) is 0 Å². The third kappa shape index (κ3) is 10.6. The van der Waals surface area contributed by atoms with Gasteiger partial charge in [-0.3, -0.25) is 0 Å². The van der Waals surface area contributed by atoms with E-state index in [0.29, 0.717) is 43.1 Å². The number of methoxy groups -OCH3 is 1. The number of rotatable bonds is 10. The van der Waals surface area contributed by atoms with Crippen LogP contribution in [0, 0.1) is 11.3 Å². The van der Waals surface area contributed by atoms with Gasteiger partial charge in [0.2, 0.25) is 5.88 Å². The van der Waals surface area contributed by atoms with E-state index in [-0.39, 0.29) is 17.2 Å². The molecule has 0 bridgehead atoms. The van der Waals surface area contributed by atoms with Gasteiger partial charge in [0.05, 0.1) is 42.5 Å². The van der Waals surface area contributed by atoms with Gasteiger partial charge >= 0.3 is 18.1 Å². The molecule has 0 saturated carbocycles. The van der Waals surface area contributed by atoms with Gasteiger partial charge in [-0.2, -0.15) is 18.4 Å². The first-order valence-electron chi connectivity index (χ1n) is 13.6. The van der Waals surface area contributed by atoms with Crippen LogP contribution in [0.5, 0.6) is 5.88 Å². The van der Waals surface area contributed by atoms with Gasteiger partial charge in [0, 0.05) is 37.6 Å². The number of imidazole rings is 1. The lowest BCUT2D eigenvalue weighted by Crippen LogP contribution is -2.36. The molecule has 11 nitrogen and oxygen atoms in total. The van der Waals surface area contributed by atoms with Gasteiger partial charge in [0.1, 0.15) is 0 Å². The fraction of sp³-hybridized carbons (Fsp3) is 0.226. The molecule has 0 atom stereocenters. The van der Waals surface area contributed by atoms with Crippen molar-refractivity contribution in [1.29, 1.82) is 5.26 Å². The molecule has 46 heavy (non-hydrogen) atoms. The molecular weight excluding hydrogens is 625 g/mol. The molecule has 2 aromatic carbocycles. The van der Waals surface area contributed by atoms with Crippen LogP contribution in [0.3, 0.4) is 0 Å². The van der Waals surface area contributed by atoms with Crippen molar-refractivity contribution >= 4 is 35.0 Å². The molecular formula is C31H29F3N6O5S. The number of aliphatic carboxylic acids is 2. The number of nitrogens with one attached hydrogen (secondary N) is 1. The number of hydrogen-bond acceptors (Lipinski definition) is 7. The Hall–Kier alpha value is -5.49. The van der Waals surface area contributed by atoms with Crippen molar-refractivity contribution in [1.82, 2.24) is 19.4 Å². The van der Waals surface area contributed by atoms with E-state index >= 15 is 0 Å². The van der Waals surface area contributed by atoms with Crippen LogP contribution in [0.2, 0.25) is 0 Å². The van der Waals surface area contributed by atoms with Crippen LogP contribution in [0.4, 0.5) is 18.9 Å². The summed E-state index contributed by atoms with van der Waals surface area (Å²) in [5, 5.41) is 27.2. The number of ether oxygens (including phenoxy) is 1. The van der Waals surface area contributed by atoms with Gasteiger partial charge in [-0.1, -0.05) is 30.3 Å². The minimum absolute atomic E-state index is 0.0183. The number of halogens is 3. The van der Waals surface area contributed by atoms with Crippen molar-refractivity contribution in [3.8, 4) is 11.9 Å². The number of carbonyl (C=O) groups is 2. The van der Waals surface area contributed by atoms with Crippen LogP contribution in [-0.2, 0) is 35.3 Å². The molecule has 0 saturated heterocycles. The van der Waals surface area contributed by atoms with Gasteiger partial charge in [-0.05, 0) is 60.5 Å². The largest absolute Gasteiger partial charge is 0.481 e. The summed E-state index contributed by atoms with van der Waals surface area (Å²) >= 11 is 5.63. The molecule has 2 aromatic heterocycles. The molecule has 15 heteroatoms. The van der Waals surface area contributed by atoms with Crippen LogP contribution in [0.25, 0.3) is 0 Å². The molecule has 0 amide bonds. The zero-order valence-electron chi connectivity index (χ0n) is 24.4. The number of nitriles is 1. The monoisotopic (exact) mass is 654 g/mol. The number of alkyl halides is 3. The topological polar surface area (TPSA) is 154 Å². The maximum atomic E-state index is 13.7. The van der Waals surface area contributed by atoms with Crippen molar-refractivity contribution in [3.63, 3.8) is 0 Å². The third-order valence-electron chi connectivity index (χ3n) is 6.45. The van der Waals surface area contributed by atoms with Crippen LogP contribution < -0.4 is 10.1 Å². The van der Waals surface area contributed by atoms with E-state index in [1.165, 1.54) is 19.2 Å². The predicted molar refractivity (Wildman–Crippen MR) is 165 cm³/mol. The lowest BCUT2D eigenvalue weighted by Gasteiger charge is -2.27. The van der Waals surface area contributed by atoms with Crippen LogP contribution in [-0.4, -0.2) is 60.4 Å².